The summed E-state index contributed by atoms with van der Waals surface area (Å²) < 4.78 is 6.90. The summed E-state index contributed by atoms with van der Waals surface area (Å²) in [5, 5.41) is 2.62. The first kappa shape index (κ1) is 18.0. The minimum absolute atomic E-state index is 0.00116. The maximum absolute atomic E-state index is 6.90. The van der Waals surface area contributed by atoms with Crippen molar-refractivity contribution in [1.82, 2.24) is 4.81 Å². The van der Waals surface area contributed by atoms with Crippen LogP contribution in [0.4, 0.5) is 0 Å². The van der Waals surface area contributed by atoms with Crippen molar-refractivity contribution in [1.29, 1.82) is 0 Å². The lowest BCUT2D eigenvalue weighted by molar-refractivity contribution is 0.232. The molecule has 0 aromatic heterocycles. The minimum atomic E-state index is -2.46. The Balaban J connectivity index is 2.05. The summed E-state index contributed by atoms with van der Waals surface area (Å²) in [6.07, 6.45) is 4.99. The van der Waals surface area contributed by atoms with Gasteiger partial charge in [0.25, 0.3) is 8.32 Å². The van der Waals surface area contributed by atoms with Crippen molar-refractivity contribution in [2.75, 3.05) is 6.61 Å². The van der Waals surface area contributed by atoms with Gasteiger partial charge in [0.2, 0.25) is 7.98 Å². The van der Waals surface area contributed by atoms with Gasteiger partial charge < -0.3 is 9.24 Å². The van der Waals surface area contributed by atoms with E-state index < -0.39 is 8.32 Å². The van der Waals surface area contributed by atoms with E-state index in [4.69, 9.17) is 12.4 Å². The fourth-order valence-electron chi connectivity index (χ4n) is 3.72. The van der Waals surface area contributed by atoms with Gasteiger partial charge in [-0.2, -0.15) is 0 Å². The second-order valence-electron chi connectivity index (χ2n) is 7.70. The van der Waals surface area contributed by atoms with Crippen LogP contribution in [0.3, 0.4) is 0 Å². The van der Waals surface area contributed by atoms with Gasteiger partial charge in [0.1, 0.15) is 0 Å². The van der Waals surface area contributed by atoms with Gasteiger partial charge >= 0.3 is 0 Å². The SMILES string of the molecule is [B]N1C=CC[C@H]1CO[Si](c1ccccc1)(c1ccccc1)C(C)(C)C. The van der Waals surface area contributed by atoms with Gasteiger partial charge in [0, 0.05) is 6.04 Å². The molecule has 25 heavy (non-hydrogen) atoms. The van der Waals surface area contributed by atoms with Gasteiger partial charge in [-0.05, 0) is 28.0 Å². The molecule has 0 saturated heterocycles. The van der Waals surface area contributed by atoms with E-state index in [0.29, 0.717) is 6.61 Å². The fourth-order valence-corrected chi connectivity index (χ4v) is 8.32. The normalized spacial score (nSPS) is 17.9. The van der Waals surface area contributed by atoms with Crippen molar-refractivity contribution >= 4 is 26.7 Å². The molecule has 0 bridgehead atoms. The molecule has 2 nitrogen and oxygen atoms in total. The third-order valence-corrected chi connectivity index (χ3v) is 10.0. The fraction of sp³-hybridized carbons (Fsp3) is 0.333. The van der Waals surface area contributed by atoms with E-state index in [0.717, 1.165) is 6.42 Å². The second kappa shape index (κ2) is 7.22. The predicted molar refractivity (Wildman–Crippen MR) is 109 cm³/mol. The summed E-state index contributed by atoms with van der Waals surface area (Å²) in [5.74, 6) is 0. The van der Waals surface area contributed by atoms with Gasteiger partial charge in [0.05, 0.1) is 6.61 Å². The van der Waals surface area contributed by atoms with Crippen LogP contribution < -0.4 is 10.4 Å². The molecule has 0 amide bonds. The van der Waals surface area contributed by atoms with E-state index >= 15 is 0 Å². The van der Waals surface area contributed by atoms with Crippen LogP contribution in [0.5, 0.6) is 0 Å². The molecule has 128 valence electrons. The van der Waals surface area contributed by atoms with E-state index in [2.05, 4.69) is 87.5 Å². The van der Waals surface area contributed by atoms with Crippen molar-refractivity contribution < 1.29 is 4.43 Å². The zero-order chi connectivity index (χ0) is 17.9. The van der Waals surface area contributed by atoms with Crippen LogP contribution in [-0.4, -0.2) is 33.8 Å². The molecule has 0 N–H and O–H groups in total. The predicted octanol–water partition coefficient (Wildman–Crippen LogP) is 3.23. The minimum Gasteiger partial charge on any atom is -0.426 e. The Kier molecular flexibility index (Phi) is 5.21. The quantitative estimate of drug-likeness (QED) is 0.770. The average molecular weight is 347 g/mol. The Labute approximate surface area is 154 Å². The second-order valence-corrected chi connectivity index (χ2v) is 12.0. The molecule has 0 spiro atoms. The highest BCUT2D eigenvalue weighted by molar-refractivity contribution is 6.99. The van der Waals surface area contributed by atoms with Crippen molar-refractivity contribution in [2.45, 2.75) is 38.3 Å². The lowest BCUT2D eigenvalue weighted by Crippen LogP contribution is -2.67. The van der Waals surface area contributed by atoms with E-state index in [1.165, 1.54) is 10.4 Å². The number of hydrogen-bond acceptors (Lipinski definition) is 2. The molecule has 0 saturated carbocycles. The average Bonchev–Trinajstić information content (AvgIpc) is 3.01. The number of benzene rings is 2. The van der Waals surface area contributed by atoms with Gasteiger partial charge in [-0.15, -0.1) is 0 Å². The zero-order valence-electron chi connectivity index (χ0n) is 15.4. The molecule has 0 aliphatic carbocycles. The van der Waals surface area contributed by atoms with Crippen molar-refractivity contribution in [3.8, 4) is 0 Å². The van der Waals surface area contributed by atoms with Crippen molar-refractivity contribution in [3.05, 3.63) is 72.9 Å². The van der Waals surface area contributed by atoms with Crippen molar-refractivity contribution in [2.24, 2.45) is 0 Å². The molecule has 4 heteroatoms. The van der Waals surface area contributed by atoms with Crippen LogP contribution in [0.15, 0.2) is 72.9 Å². The monoisotopic (exact) mass is 347 g/mol. The molecule has 1 aliphatic heterocycles. The van der Waals surface area contributed by atoms with E-state index in [9.17, 15) is 0 Å². The Morgan fingerprint density at radius 3 is 1.92 bits per heavy atom. The molecule has 2 aromatic carbocycles. The smallest absolute Gasteiger partial charge is 0.261 e. The zero-order valence-corrected chi connectivity index (χ0v) is 16.4. The first-order chi connectivity index (χ1) is 11.9. The van der Waals surface area contributed by atoms with Crippen molar-refractivity contribution in [3.63, 3.8) is 0 Å². The Morgan fingerprint density at radius 2 is 1.52 bits per heavy atom. The highest BCUT2D eigenvalue weighted by atomic mass is 28.4. The maximum Gasteiger partial charge on any atom is 0.261 e. The van der Waals surface area contributed by atoms with Crippen LogP contribution in [-0.2, 0) is 4.43 Å². The van der Waals surface area contributed by atoms with E-state index in [1.54, 1.807) is 4.81 Å². The Hall–Kier alpha value is -1.78. The Bertz CT molecular complexity index is 672. The summed E-state index contributed by atoms with van der Waals surface area (Å²) in [4.78, 5) is 1.78. The molecular formula is C21H26BNOSi. The highest BCUT2D eigenvalue weighted by Crippen LogP contribution is 2.37. The molecular weight excluding hydrogens is 321 g/mol. The molecule has 1 atom stereocenters. The molecule has 0 fully saturated rings. The summed E-state index contributed by atoms with van der Waals surface area (Å²) in [7, 11) is 3.62. The first-order valence-corrected chi connectivity index (χ1v) is 10.8. The van der Waals surface area contributed by atoms with E-state index in [-0.39, 0.29) is 11.1 Å². The number of hydrogen-bond donors (Lipinski definition) is 0. The largest absolute Gasteiger partial charge is 0.426 e. The first-order valence-electron chi connectivity index (χ1n) is 8.90. The summed E-state index contributed by atoms with van der Waals surface area (Å²) in [6, 6.07) is 21.7. The Morgan fingerprint density at radius 1 is 1.00 bits per heavy atom. The van der Waals surface area contributed by atoms with Gasteiger partial charge in [-0.25, -0.2) is 0 Å². The topological polar surface area (TPSA) is 12.5 Å². The molecule has 2 radical (unpaired) electrons. The summed E-state index contributed by atoms with van der Waals surface area (Å²) in [6.45, 7) is 7.53. The summed E-state index contributed by atoms with van der Waals surface area (Å²) in [5.41, 5.74) is 0. The number of nitrogens with zero attached hydrogens (tertiary/aromatic N) is 1. The van der Waals surface area contributed by atoms with Gasteiger partial charge in [-0.3, -0.25) is 0 Å². The maximum atomic E-state index is 6.90. The highest BCUT2D eigenvalue weighted by Gasteiger charge is 2.50. The van der Waals surface area contributed by atoms with Crippen LogP contribution in [0.2, 0.25) is 5.04 Å². The standard InChI is InChI=1S/C21H26BNOSi/c1-21(2,3)25(19-12-6-4-7-13-19,20-14-8-5-9-15-20)24-17-18-11-10-16-23(18)22/h4-10,12-16,18H,11,17H2,1-3H3/t18-/m0/s1. The van der Waals surface area contributed by atoms with Gasteiger partial charge in [-0.1, -0.05) is 87.5 Å². The van der Waals surface area contributed by atoms with Crippen LogP contribution in [0.25, 0.3) is 0 Å². The number of rotatable bonds is 5. The third-order valence-electron chi connectivity index (χ3n) is 5.02. The molecule has 1 heterocycles. The van der Waals surface area contributed by atoms with Crippen LogP contribution >= 0.6 is 0 Å². The van der Waals surface area contributed by atoms with E-state index in [1.807, 2.05) is 6.20 Å². The van der Waals surface area contributed by atoms with Crippen LogP contribution in [0.1, 0.15) is 27.2 Å². The molecule has 2 aromatic rings. The lowest BCUT2D eigenvalue weighted by atomic mass is 10.2. The molecule has 1 aliphatic rings. The lowest BCUT2D eigenvalue weighted by Gasteiger charge is -2.44. The van der Waals surface area contributed by atoms with Crippen LogP contribution in [0, 0.1) is 0 Å². The third kappa shape index (κ3) is 3.46. The van der Waals surface area contributed by atoms with Gasteiger partial charge in [0.15, 0.2) is 0 Å². The molecule has 0 unspecified atom stereocenters. The molecule has 3 rings (SSSR count). The summed E-state index contributed by atoms with van der Waals surface area (Å²) >= 11 is 0.